The van der Waals surface area contributed by atoms with Gasteiger partial charge in [-0.15, -0.1) is 0 Å². The quantitative estimate of drug-likeness (QED) is 0.500. The number of fused-ring (bicyclic) bond motifs is 1. The Bertz CT molecular complexity index is 1280. The van der Waals surface area contributed by atoms with E-state index in [0.29, 0.717) is 25.6 Å². The summed E-state index contributed by atoms with van der Waals surface area (Å²) in [6.07, 6.45) is 8.17. The van der Waals surface area contributed by atoms with Crippen LogP contribution in [0.1, 0.15) is 84.6 Å². The lowest BCUT2D eigenvalue weighted by Crippen LogP contribution is -2.66. The lowest BCUT2D eigenvalue weighted by Gasteiger charge is -2.55. The third kappa shape index (κ3) is 5.13. The van der Waals surface area contributed by atoms with Crippen LogP contribution in [0, 0.1) is 17.8 Å². The molecule has 1 aromatic carbocycles. The average molecular weight is 565 g/mol. The van der Waals surface area contributed by atoms with Crippen LogP contribution in [-0.4, -0.2) is 59.5 Å². The largest absolute Gasteiger partial charge is 0.444 e. The van der Waals surface area contributed by atoms with Crippen LogP contribution in [-0.2, 0) is 26.0 Å². The van der Waals surface area contributed by atoms with E-state index in [9.17, 15) is 4.79 Å². The number of alkyl carbamates (subject to hydrolysis) is 1. The summed E-state index contributed by atoms with van der Waals surface area (Å²) < 4.78 is 23.8. The van der Waals surface area contributed by atoms with E-state index in [-0.39, 0.29) is 5.41 Å². The Morgan fingerprint density at radius 1 is 1.07 bits per heavy atom. The first-order valence-corrected chi connectivity index (χ1v) is 15.4. The number of nitrogens with zero attached hydrogens (tertiary/aromatic N) is 3. The molecule has 4 saturated carbocycles. The maximum Gasteiger partial charge on any atom is 0.408 e. The molecule has 2 aliphatic heterocycles. The van der Waals surface area contributed by atoms with Gasteiger partial charge in [-0.3, -0.25) is 0 Å². The van der Waals surface area contributed by atoms with Gasteiger partial charge in [-0.25, -0.2) is 4.79 Å². The van der Waals surface area contributed by atoms with Gasteiger partial charge in [0.25, 0.3) is 0 Å². The zero-order chi connectivity index (χ0) is 28.6. The second-order valence-electron chi connectivity index (χ2n) is 15.0. The van der Waals surface area contributed by atoms with Crippen molar-refractivity contribution in [3.63, 3.8) is 0 Å². The van der Waals surface area contributed by atoms with E-state index in [0.717, 1.165) is 47.9 Å². The second-order valence-corrected chi connectivity index (χ2v) is 15.0. The molecule has 0 radical (unpaired) electrons. The van der Waals surface area contributed by atoms with Crippen LogP contribution in [0.4, 0.5) is 10.5 Å². The number of carbonyl (C=O) groups excluding carboxylic acids is 1. The summed E-state index contributed by atoms with van der Waals surface area (Å²) in [4.78, 5) is 20.3. The van der Waals surface area contributed by atoms with Gasteiger partial charge in [0.1, 0.15) is 11.1 Å². The van der Waals surface area contributed by atoms with Crippen molar-refractivity contribution in [2.24, 2.45) is 17.8 Å². The van der Waals surface area contributed by atoms with Crippen molar-refractivity contribution in [2.45, 2.75) is 102 Å². The molecule has 1 aromatic heterocycles. The highest BCUT2D eigenvalue weighted by Crippen LogP contribution is 2.60. The Balaban J connectivity index is 1.13. The number of aromatic nitrogens is 2. The smallest absolute Gasteiger partial charge is 0.408 e. The molecule has 0 atom stereocenters. The highest BCUT2D eigenvalue weighted by molar-refractivity contribution is 5.73. The standard InChI is InChI=1S/C32H44N4O5/c1-29(2,3)40-28(37)34-32(18-38-30(4,5)39-19-32)17-36-10-9-23-24(7-6-8-25(23)36)26-33-27(41-35-26)31-14-20-11-21(15-31)13-22(12-20)16-31/h6-8,20-22H,9-19H2,1-5H3,(H,34,37). The summed E-state index contributed by atoms with van der Waals surface area (Å²) in [7, 11) is 0. The topological polar surface area (TPSA) is 99.0 Å². The maximum absolute atomic E-state index is 12.9. The van der Waals surface area contributed by atoms with Crippen LogP contribution in [0.5, 0.6) is 0 Å². The van der Waals surface area contributed by atoms with Crippen molar-refractivity contribution < 1.29 is 23.5 Å². The molecular formula is C32H44N4O5. The molecule has 1 amide bonds. The third-order valence-electron chi connectivity index (χ3n) is 9.93. The van der Waals surface area contributed by atoms with E-state index in [1.807, 2.05) is 34.6 Å². The molecule has 9 nitrogen and oxygen atoms in total. The Morgan fingerprint density at radius 2 is 1.73 bits per heavy atom. The summed E-state index contributed by atoms with van der Waals surface area (Å²) in [6.45, 7) is 11.4. The van der Waals surface area contributed by atoms with E-state index < -0.39 is 23.0 Å². The van der Waals surface area contributed by atoms with Crippen molar-refractivity contribution in [1.29, 1.82) is 0 Å². The van der Waals surface area contributed by atoms with Crippen molar-refractivity contribution in [3.05, 3.63) is 29.7 Å². The Morgan fingerprint density at radius 3 is 2.37 bits per heavy atom. The number of hydrogen-bond donors (Lipinski definition) is 1. The molecule has 4 bridgehead atoms. The SMILES string of the molecule is CC(C)(C)OC(=O)NC1(CN2CCc3c(-c4noc(C56CC7CC(CC(C7)C5)C6)n4)cccc32)COC(C)(C)OC1. The molecule has 5 fully saturated rings. The van der Waals surface area contributed by atoms with Gasteiger partial charge >= 0.3 is 6.09 Å². The zero-order valence-corrected chi connectivity index (χ0v) is 25.1. The lowest BCUT2D eigenvalue weighted by atomic mass is 9.49. The monoisotopic (exact) mass is 564 g/mol. The van der Waals surface area contributed by atoms with Gasteiger partial charge in [-0.05, 0) is 109 Å². The number of amides is 1. The number of ether oxygens (including phenoxy) is 3. The third-order valence-corrected chi connectivity index (χ3v) is 9.93. The fraction of sp³-hybridized carbons (Fsp3) is 0.719. The Hall–Kier alpha value is -2.65. The van der Waals surface area contributed by atoms with Crippen LogP contribution in [0.25, 0.3) is 11.4 Å². The van der Waals surface area contributed by atoms with Gasteiger partial charge in [-0.2, -0.15) is 4.98 Å². The van der Waals surface area contributed by atoms with E-state index in [1.165, 1.54) is 44.1 Å². The highest BCUT2D eigenvalue weighted by Gasteiger charge is 2.54. The molecule has 6 aliphatic rings. The molecule has 222 valence electrons. The molecule has 1 N–H and O–H groups in total. The molecule has 0 unspecified atom stereocenters. The minimum Gasteiger partial charge on any atom is -0.444 e. The van der Waals surface area contributed by atoms with Crippen LogP contribution in [0.15, 0.2) is 22.7 Å². The van der Waals surface area contributed by atoms with Crippen molar-refractivity contribution >= 4 is 11.8 Å². The summed E-state index contributed by atoms with van der Waals surface area (Å²) in [5, 5.41) is 7.65. The number of anilines is 1. The van der Waals surface area contributed by atoms with Crippen LogP contribution in [0.2, 0.25) is 0 Å². The first-order valence-electron chi connectivity index (χ1n) is 15.4. The van der Waals surface area contributed by atoms with E-state index in [4.69, 9.17) is 23.7 Å². The summed E-state index contributed by atoms with van der Waals surface area (Å²) >= 11 is 0. The van der Waals surface area contributed by atoms with E-state index >= 15 is 0 Å². The molecule has 9 heteroatoms. The maximum atomic E-state index is 12.9. The normalized spacial score (nSPS) is 31.2. The summed E-state index contributed by atoms with van der Waals surface area (Å²) in [5.74, 6) is 3.33. The Kier molecular flexibility index (Phi) is 6.25. The lowest BCUT2D eigenvalue weighted by molar-refractivity contribution is -0.269. The van der Waals surface area contributed by atoms with Crippen LogP contribution >= 0.6 is 0 Å². The number of carbonyl (C=O) groups is 1. The average Bonchev–Trinajstić information content (AvgIpc) is 3.52. The van der Waals surface area contributed by atoms with E-state index in [2.05, 4.69) is 33.6 Å². The van der Waals surface area contributed by atoms with Crippen molar-refractivity contribution in [1.82, 2.24) is 15.5 Å². The van der Waals surface area contributed by atoms with Crippen LogP contribution in [0.3, 0.4) is 0 Å². The van der Waals surface area contributed by atoms with Crippen LogP contribution < -0.4 is 10.2 Å². The second kappa shape index (κ2) is 9.43. The molecule has 0 spiro atoms. The molecule has 8 rings (SSSR count). The van der Waals surface area contributed by atoms with Gasteiger partial charge in [0, 0.05) is 24.3 Å². The molecule has 3 heterocycles. The Labute approximate surface area is 242 Å². The molecular weight excluding hydrogens is 520 g/mol. The minimum atomic E-state index is -0.757. The highest BCUT2D eigenvalue weighted by atomic mass is 16.7. The first-order chi connectivity index (χ1) is 19.4. The molecule has 1 saturated heterocycles. The molecule has 2 aromatic rings. The molecule has 41 heavy (non-hydrogen) atoms. The summed E-state index contributed by atoms with van der Waals surface area (Å²) in [6, 6.07) is 6.32. The number of nitrogens with one attached hydrogen (secondary N) is 1. The fourth-order valence-corrected chi connectivity index (χ4v) is 8.59. The van der Waals surface area contributed by atoms with Gasteiger partial charge in [0.2, 0.25) is 11.7 Å². The van der Waals surface area contributed by atoms with Crippen molar-refractivity contribution in [2.75, 3.05) is 31.2 Å². The number of rotatable bonds is 5. The van der Waals surface area contributed by atoms with Crippen molar-refractivity contribution in [3.8, 4) is 11.4 Å². The van der Waals surface area contributed by atoms with Gasteiger partial charge in [-0.1, -0.05) is 17.3 Å². The van der Waals surface area contributed by atoms with Gasteiger partial charge < -0.3 is 29.0 Å². The fourth-order valence-electron chi connectivity index (χ4n) is 8.59. The number of benzene rings is 1. The predicted molar refractivity (Wildman–Crippen MR) is 154 cm³/mol. The minimum absolute atomic E-state index is 0.0818. The zero-order valence-electron chi connectivity index (χ0n) is 25.1. The first kappa shape index (κ1) is 27.2. The summed E-state index contributed by atoms with van der Waals surface area (Å²) in [5.41, 5.74) is 2.10. The number of hydrogen-bond acceptors (Lipinski definition) is 8. The van der Waals surface area contributed by atoms with Gasteiger partial charge in [0.05, 0.1) is 18.6 Å². The van der Waals surface area contributed by atoms with Gasteiger partial charge in [0.15, 0.2) is 5.79 Å². The molecule has 4 aliphatic carbocycles. The predicted octanol–water partition coefficient (Wildman–Crippen LogP) is 5.61. The van der Waals surface area contributed by atoms with E-state index in [1.54, 1.807) is 0 Å².